The number of hydrogen-bond donors (Lipinski definition) is 1. The number of amides is 4. The first-order valence-electron chi connectivity index (χ1n) is 10.6. The monoisotopic (exact) mass is 633 g/mol. The van der Waals surface area contributed by atoms with Crippen molar-refractivity contribution in [1.82, 2.24) is 0 Å². The average Bonchev–Trinajstić information content (AvgIpc) is 3.08. The molecule has 37 heavy (non-hydrogen) atoms. The fourth-order valence-corrected chi connectivity index (χ4v) is 4.30. The van der Waals surface area contributed by atoms with Gasteiger partial charge < -0.3 is 5.32 Å². The molecule has 1 fully saturated rings. The smallest absolute Gasteiger partial charge is 0.306 e. The minimum absolute atomic E-state index is 0.0787. The maximum absolute atomic E-state index is 14.8. The Morgan fingerprint density at radius 2 is 1.46 bits per heavy atom. The van der Waals surface area contributed by atoms with Crippen LogP contribution >= 0.6 is 31.9 Å². The van der Waals surface area contributed by atoms with E-state index >= 15 is 0 Å². The number of carbonyl (C=O) groups is 2. The SMILES string of the molecule is CC1(C(F)(F)F)C(=NC(=O)Nc2ccc(Br)cc2)N(c2ccc(Br)cc2)C(=O)N1c1ccc(C#N)cc1. The van der Waals surface area contributed by atoms with Gasteiger partial charge in [-0.1, -0.05) is 31.9 Å². The van der Waals surface area contributed by atoms with E-state index in [-0.39, 0.29) is 16.9 Å². The molecule has 7 nitrogen and oxygen atoms in total. The number of nitrogens with zero attached hydrogens (tertiary/aromatic N) is 4. The van der Waals surface area contributed by atoms with Crippen LogP contribution in [0.1, 0.15) is 12.5 Å². The lowest BCUT2D eigenvalue weighted by atomic mass is 9.97. The molecular formula is C25H16Br2F3N5O2. The molecule has 1 heterocycles. The molecule has 0 aromatic heterocycles. The third kappa shape index (κ3) is 4.97. The van der Waals surface area contributed by atoms with Crippen LogP contribution in [0.25, 0.3) is 0 Å². The lowest BCUT2D eigenvalue weighted by Crippen LogP contribution is -2.58. The summed E-state index contributed by atoms with van der Waals surface area (Å²) in [6.45, 7) is 0.785. The molecule has 188 valence electrons. The second-order valence-corrected chi connectivity index (χ2v) is 9.86. The third-order valence-corrected chi connectivity index (χ3v) is 6.73. The van der Waals surface area contributed by atoms with Crippen LogP contribution in [0.3, 0.4) is 0 Å². The highest BCUT2D eigenvalue weighted by Gasteiger charge is 2.68. The predicted molar refractivity (Wildman–Crippen MR) is 141 cm³/mol. The van der Waals surface area contributed by atoms with Crippen LogP contribution in [0.2, 0.25) is 0 Å². The molecule has 4 amide bonds. The number of amidine groups is 1. The van der Waals surface area contributed by atoms with Gasteiger partial charge in [-0.3, -0.25) is 4.90 Å². The van der Waals surface area contributed by atoms with Gasteiger partial charge in [-0.05, 0) is 79.7 Å². The topological polar surface area (TPSA) is 88.8 Å². The van der Waals surface area contributed by atoms with Gasteiger partial charge >= 0.3 is 18.2 Å². The fourth-order valence-electron chi connectivity index (χ4n) is 3.77. The molecule has 1 saturated heterocycles. The summed E-state index contributed by atoms with van der Waals surface area (Å²) in [7, 11) is 0. The summed E-state index contributed by atoms with van der Waals surface area (Å²) in [5, 5.41) is 11.5. The summed E-state index contributed by atoms with van der Waals surface area (Å²) >= 11 is 6.53. The van der Waals surface area contributed by atoms with Crippen LogP contribution in [0, 0.1) is 11.3 Å². The lowest BCUT2D eigenvalue weighted by Gasteiger charge is -2.35. The van der Waals surface area contributed by atoms with Crippen LogP contribution in [0.5, 0.6) is 0 Å². The number of urea groups is 2. The molecule has 1 atom stereocenters. The van der Waals surface area contributed by atoms with Crippen molar-refractivity contribution in [2.24, 2.45) is 4.99 Å². The van der Waals surface area contributed by atoms with Gasteiger partial charge in [-0.25, -0.2) is 14.5 Å². The first-order valence-corrected chi connectivity index (χ1v) is 12.2. The van der Waals surface area contributed by atoms with E-state index in [9.17, 15) is 22.8 Å². The van der Waals surface area contributed by atoms with Gasteiger partial charge in [0.25, 0.3) is 0 Å². The van der Waals surface area contributed by atoms with E-state index in [2.05, 4.69) is 42.2 Å². The minimum atomic E-state index is -5.04. The van der Waals surface area contributed by atoms with Gasteiger partial charge in [0.15, 0.2) is 5.84 Å². The van der Waals surface area contributed by atoms with E-state index in [0.29, 0.717) is 15.1 Å². The molecule has 0 saturated carbocycles. The lowest BCUT2D eigenvalue weighted by molar-refractivity contribution is -0.158. The Kier molecular flexibility index (Phi) is 7.12. The second-order valence-electron chi connectivity index (χ2n) is 8.03. The molecule has 1 unspecified atom stereocenters. The van der Waals surface area contributed by atoms with Gasteiger partial charge in [0.05, 0.1) is 17.3 Å². The first kappa shape index (κ1) is 26.4. The normalized spacial score (nSPS) is 18.7. The molecule has 3 aromatic carbocycles. The van der Waals surface area contributed by atoms with Crippen LogP contribution in [-0.4, -0.2) is 29.6 Å². The standard InChI is InChI=1S/C25H16Br2F3N5O2/c1-24(25(28,29)30)21(33-22(36)32-18-8-4-16(26)5-9-18)34(19-12-6-17(27)7-13-19)23(37)35(24)20-10-2-15(14-31)3-11-20/h2-13H,1H3,(H,32,36). The number of halogens is 5. The van der Waals surface area contributed by atoms with Crippen molar-refractivity contribution in [3.8, 4) is 6.07 Å². The predicted octanol–water partition coefficient (Wildman–Crippen LogP) is 7.48. The van der Waals surface area contributed by atoms with Crippen molar-refractivity contribution in [1.29, 1.82) is 5.26 Å². The van der Waals surface area contributed by atoms with E-state index in [1.165, 1.54) is 36.4 Å². The van der Waals surface area contributed by atoms with Gasteiger partial charge in [0.2, 0.25) is 5.54 Å². The minimum Gasteiger partial charge on any atom is -0.306 e. The van der Waals surface area contributed by atoms with Crippen molar-refractivity contribution < 1.29 is 22.8 Å². The molecule has 0 bridgehead atoms. The Labute approximate surface area is 226 Å². The number of alkyl halides is 3. The van der Waals surface area contributed by atoms with E-state index < -0.39 is 29.6 Å². The zero-order chi connectivity index (χ0) is 27.0. The summed E-state index contributed by atoms with van der Waals surface area (Å²) in [5.74, 6) is -0.828. The Morgan fingerprint density at radius 1 is 0.946 bits per heavy atom. The van der Waals surface area contributed by atoms with Gasteiger partial charge in [-0.2, -0.15) is 23.4 Å². The van der Waals surface area contributed by atoms with Crippen LogP contribution in [0.4, 0.5) is 39.8 Å². The second kappa shape index (κ2) is 9.99. The van der Waals surface area contributed by atoms with Gasteiger partial charge in [0.1, 0.15) is 0 Å². The molecule has 0 aliphatic carbocycles. The zero-order valence-electron chi connectivity index (χ0n) is 18.9. The molecule has 12 heteroatoms. The van der Waals surface area contributed by atoms with Crippen LogP contribution in [0.15, 0.2) is 86.7 Å². The van der Waals surface area contributed by atoms with E-state index in [1.54, 1.807) is 36.4 Å². The molecule has 3 aromatic rings. The summed E-state index contributed by atoms with van der Waals surface area (Å²) in [6, 6.07) is 17.2. The third-order valence-electron chi connectivity index (χ3n) is 5.67. The largest absolute Gasteiger partial charge is 0.419 e. The van der Waals surface area contributed by atoms with E-state index in [0.717, 1.165) is 16.3 Å². The highest BCUT2D eigenvalue weighted by Crippen LogP contribution is 2.46. The number of nitrogens with one attached hydrogen (secondary N) is 1. The van der Waals surface area contributed by atoms with Crippen molar-refractivity contribution in [3.63, 3.8) is 0 Å². The number of rotatable bonds is 3. The number of nitriles is 1. The molecule has 1 N–H and O–H groups in total. The molecule has 0 spiro atoms. The average molecular weight is 635 g/mol. The van der Waals surface area contributed by atoms with Crippen LogP contribution < -0.4 is 15.1 Å². The number of benzene rings is 3. The molecule has 4 rings (SSSR count). The number of aliphatic imine (C=N–C) groups is 1. The maximum atomic E-state index is 14.8. The quantitative estimate of drug-likeness (QED) is 0.324. The Bertz CT molecular complexity index is 1420. The van der Waals surface area contributed by atoms with Gasteiger partial charge in [-0.15, -0.1) is 0 Å². The van der Waals surface area contributed by atoms with Crippen molar-refractivity contribution in [2.45, 2.75) is 18.6 Å². The summed E-state index contributed by atoms with van der Waals surface area (Å²) in [4.78, 5) is 31.6. The molecule has 0 radical (unpaired) electrons. The fraction of sp³-hybridized carbons (Fsp3) is 0.120. The first-order chi connectivity index (χ1) is 17.5. The number of hydrogen-bond acceptors (Lipinski definition) is 3. The Morgan fingerprint density at radius 3 is 1.97 bits per heavy atom. The summed E-state index contributed by atoms with van der Waals surface area (Å²) in [5.41, 5.74) is -2.56. The van der Waals surface area contributed by atoms with E-state index in [4.69, 9.17) is 5.26 Å². The Balaban J connectivity index is 1.89. The maximum Gasteiger partial charge on any atom is 0.419 e. The molecule has 1 aliphatic rings. The Hall–Kier alpha value is -3.69. The highest BCUT2D eigenvalue weighted by molar-refractivity contribution is 9.10. The molecule has 1 aliphatic heterocycles. The van der Waals surface area contributed by atoms with Crippen molar-refractivity contribution in [3.05, 3.63) is 87.3 Å². The number of carbonyl (C=O) groups excluding carboxylic acids is 2. The van der Waals surface area contributed by atoms with Crippen molar-refractivity contribution >= 4 is 66.8 Å². The summed E-state index contributed by atoms with van der Waals surface area (Å²) < 4.78 is 45.9. The van der Waals surface area contributed by atoms with E-state index in [1.807, 2.05) is 6.07 Å². The van der Waals surface area contributed by atoms with Crippen molar-refractivity contribution in [2.75, 3.05) is 15.1 Å². The van der Waals surface area contributed by atoms with Crippen LogP contribution in [-0.2, 0) is 0 Å². The van der Waals surface area contributed by atoms with Gasteiger partial charge in [0, 0.05) is 20.3 Å². The summed E-state index contributed by atoms with van der Waals surface area (Å²) in [6.07, 6.45) is -5.04. The number of anilines is 3. The highest BCUT2D eigenvalue weighted by atomic mass is 79.9. The molecular weight excluding hydrogens is 619 g/mol. The zero-order valence-corrected chi connectivity index (χ0v) is 22.1.